The predicted molar refractivity (Wildman–Crippen MR) is 100.0 cm³/mol. The van der Waals surface area contributed by atoms with Crippen LogP contribution in [0.4, 0.5) is 0 Å². The predicted octanol–water partition coefficient (Wildman–Crippen LogP) is 2.35. The number of nitrogens with one attached hydrogen (secondary N) is 1. The molecular formula is C18H19N3O4S. The fourth-order valence-corrected chi connectivity index (χ4v) is 3.43. The molecule has 1 atom stereocenters. The Bertz CT molecular complexity index is 996. The summed E-state index contributed by atoms with van der Waals surface area (Å²) in [6.07, 6.45) is 1.40. The minimum absolute atomic E-state index is 0.103. The molecule has 0 fully saturated rings. The van der Waals surface area contributed by atoms with E-state index in [1.807, 2.05) is 13.0 Å². The first-order chi connectivity index (χ1) is 12.5. The van der Waals surface area contributed by atoms with Gasteiger partial charge in [0.2, 0.25) is 5.91 Å². The van der Waals surface area contributed by atoms with Gasteiger partial charge in [0.15, 0.2) is 0 Å². The molecule has 0 aliphatic carbocycles. The fraction of sp³-hybridized carbons (Fsp3) is 0.278. The maximum absolute atomic E-state index is 12.4. The van der Waals surface area contributed by atoms with Crippen LogP contribution in [-0.4, -0.2) is 29.7 Å². The molecular weight excluding hydrogens is 354 g/mol. The second kappa shape index (κ2) is 7.57. The van der Waals surface area contributed by atoms with E-state index in [2.05, 4.69) is 10.3 Å². The van der Waals surface area contributed by atoms with Gasteiger partial charge < -0.3 is 14.8 Å². The van der Waals surface area contributed by atoms with E-state index in [9.17, 15) is 9.59 Å². The molecule has 0 aliphatic rings. The summed E-state index contributed by atoms with van der Waals surface area (Å²) in [4.78, 5) is 29.7. The Kier molecular flexibility index (Phi) is 5.22. The lowest BCUT2D eigenvalue weighted by Gasteiger charge is -2.18. The Hall–Kier alpha value is -2.87. The third-order valence-electron chi connectivity index (χ3n) is 4.05. The smallest absolute Gasteiger partial charge is 0.262 e. The van der Waals surface area contributed by atoms with E-state index < -0.39 is 0 Å². The Balaban J connectivity index is 1.77. The van der Waals surface area contributed by atoms with Crippen molar-refractivity contribution in [3.63, 3.8) is 0 Å². The lowest BCUT2D eigenvalue weighted by molar-refractivity contribution is -0.122. The van der Waals surface area contributed by atoms with E-state index in [1.54, 1.807) is 37.8 Å². The number of thiophene rings is 1. The number of carbonyl (C=O) groups excluding carboxylic acids is 1. The number of benzene rings is 1. The van der Waals surface area contributed by atoms with E-state index in [0.717, 1.165) is 5.56 Å². The molecule has 0 aliphatic heterocycles. The fourth-order valence-electron chi connectivity index (χ4n) is 2.70. The van der Waals surface area contributed by atoms with Crippen LogP contribution in [-0.2, 0) is 11.3 Å². The second-order valence-electron chi connectivity index (χ2n) is 5.71. The number of amides is 1. The Labute approximate surface area is 154 Å². The third-order valence-corrected chi connectivity index (χ3v) is 4.87. The molecule has 1 N–H and O–H groups in total. The summed E-state index contributed by atoms with van der Waals surface area (Å²) in [5.74, 6) is 1.03. The summed E-state index contributed by atoms with van der Waals surface area (Å²) in [6.45, 7) is 1.74. The maximum atomic E-state index is 12.4. The first kappa shape index (κ1) is 17.9. The van der Waals surface area contributed by atoms with E-state index >= 15 is 0 Å². The van der Waals surface area contributed by atoms with Crippen LogP contribution in [0.5, 0.6) is 11.5 Å². The molecule has 26 heavy (non-hydrogen) atoms. The summed E-state index contributed by atoms with van der Waals surface area (Å²) >= 11 is 1.39. The first-order valence-corrected chi connectivity index (χ1v) is 8.85. The zero-order chi connectivity index (χ0) is 18.7. The highest BCUT2D eigenvalue weighted by Gasteiger charge is 2.16. The van der Waals surface area contributed by atoms with Gasteiger partial charge in [-0.05, 0) is 36.6 Å². The molecule has 0 radical (unpaired) electrons. The van der Waals surface area contributed by atoms with Crippen molar-refractivity contribution in [1.29, 1.82) is 0 Å². The zero-order valence-corrected chi connectivity index (χ0v) is 15.5. The van der Waals surface area contributed by atoms with Gasteiger partial charge in [-0.3, -0.25) is 14.2 Å². The quantitative estimate of drug-likeness (QED) is 0.717. The molecule has 1 amide bonds. The van der Waals surface area contributed by atoms with E-state index in [-0.39, 0.29) is 24.1 Å². The number of aromatic nitrogens is 2. The van der Waals surface area contributed by atoms with Crippen LogP contribution in [0.15, 0.2) is 40.8 Å². The number of hydrogen-bond acceptors (Lipinski definition) is 6. The van der Waals surface area contributed by atoms with Crippen LogP contribution >= 0.6 is 11.3 Å². The van der Waals surface area contributed by atoms with Crippen molar-refractivity contribution in [3.05, 3.63) is 51.9 Å². The molecule has 3 aromatic rings. The minimum Gasteiger partial charge on any atom is -0.497 e. The van der Waals surface area contributed by atoms with E-state index in [4.69, 9.17) is 9.47 Å². The highest BCUT2D eigenvalue weighted by molar-refractivity contribution is 7.16. The topological polar surface area (TPSA) is 82.4 Å². The standard InChI is InChI=1S/C18H19N3O4S/c1-11(14-8-12(24-2)4-5-15(14)25-3)20-16(22)9-21-10-19-17-13(18(21)23)6-7-26-17/h4-8,10-11H,9H2,1-3H3,(H,20,22)/t11-/m0/s1. The van der Waals surface area contributed by atoms with Gasteiger partial charge in [-0.15, -0.1) is 11.3 Å². The van der Waals surface area contributed by atoms with Gasteiger partial charge in [0.1, 0.15) is 22.9 Å². The number of methoxy groups -OCH3 is 2. The van der Waals surface area contributed by atoms with Crippen LogP contribution in [0.3, 0.4) is 0 Å². The Morgan fingerprint density at radius 2 is 2.12 bits per heavy atom. The highest BCUT2D eigenvalue weighted by atomic mass is 32.1. The number of rotatable bonds is 6. The van der Waals surface area contributed by atoms with Crippen LogP contribution in [0, 0.1) is 0 Å². The van der Waals surface area contributed by atoms with Crippen molar-refractivity contribution in [1.82, 2.24) is 14.9 Å². The van der Waals surface area contributed by atoms with Crippen molar-refractivity contribution in [3.8, 4) is 11.5 Å². The Morgan fingerprint density at radius 3 is 2.85 bits per heavy atom. The van der Waals surface area contributed by atoms with Gasteiger partial charge in [0.25, 0.3) is 5.56 Å². The van der Waals surface area contributed by atoms with Gasteiger partial charge in [-0.1, -0.05) is 0 Å². The monoisotopic (exact) mass is 373 g/mol. The normalized spacial score (nSPS) is 12.0. The van der Waals surface area contributed by atoms with Crippen LogP contribution < -0.4 is 20.3 Å². The van der Waals surface area contributed by atoms with Gasteiger partial charge >= 0.3 is 0 Å². The molecule has 0 saturated carbocycles. The van der Waals surface area contributed by atoms with Crippen molar-refractivity contribution >= 4 is 27.5 Å². The molecule has 0 saturated heterocycles. The Morgan fingerprint density at radius 1 is 1.31 bits per heavy atom. The maximum Gasteiger partial charge on any atom is 0.262 e. The van der Waals surface area contributed by atoms with Gasteiger partial charge in [-0.25, -0.2) is 4.98 Å². The molecule has 7 nitrogen and oxygen atoms in total. The molecule has 0 bridgehead atoms. The summed E-state index contributed by atoms with van der Waals surface area (Å²) in [5.41, 5.74) is 0.567. The van der Waals surface area contributed by atoms with Crippen LogP contribution in [0.2, 0.25) is 0 Å². The molecule has 1 aromatic carbocycles. The van der Waals surface area contributed by atoms with Gasteiger partial charge in [0.05, 0.1) is 32.0 Å². The van der Waals surface area contributed by atoms with Crippen molar-refractivity contribution in [2.75, 3.05) is 14.2 Å². The first-order valence-electron chi connectivity index (χ1n) is 7.97. The number of hydrogen-bond donors (Lipinski definition) is 1. The lowest BCUT2D eigenvalue weighted by Crippen LogP contribution is -2.34. The van der Waals surface area contributed by atoms with Crippen LogP contribution in [0.1, 0.15) is 18.5 Å². The number of carbonyl (C=O) groups is 1. The molecule has 136 valence electrons. The van der Waals surface area contributed by atoms with E-state index in [1.165, 1.54) is 22.2 Å². The SMILES string of the molecule is COc1ccc(OC)c([C@H](C)NC(=O)Cn2cnc3sccc3c2=O)c1. The average Bonchev–Trinajstić information content (AvgIpc) is 3.13. The largest absolute Gasteiger partial charge is 0.497 e. The summed E-state index contributed by atoms with van der Waals surface area (Å²) < 4.78 is 11.9. The van der Waals surface area contributed by atoms with Crippen LogP contribution in [0.25, 0.3) is 10.2 Å². The lowest BCUT2D eigenvalue weighted by atomic mass is 10.1. The number of ether oxygens (including phenoxy) is 2. The zero-order valence-electron chi connectivity index (χ0n) is 14.7. The summed E-state index contributed by atoms with van der Waals surface area (Å²) in [7, 11) is 3.15. The molecule has 8 heteroatoms. The molecule has 0 unspecified atom stereocenters. The third kappa shape index (κ3) is 3.55. The summed E-state index contributed by atoms with van der Waals surface area (Å²) in [6, 6.07) is 6.79. The number of nitrogens with zero attached hydrogens (tertiary/aromatic N) is 2. The highest BCUT2D eigenvalue weighted by Crippen LogP contribution is 2.29. The number of fused-ring (bicyclic) bond motifs is 1. The van der Waals surface area contributed by atoms with Gasteiger partial charge in [-0.2, -0.15) is 0 Å². The molecule has 2 aromatic heterocycles. The van der Waals surface area contributed by atoms with Crippen molar-refractivity contribution in [2.24, 2.45) is 0 Å². The average molecular weight is 373 g/mol. The molecule has 0 spiro atoms. The summed E-state index contributed by atoms with van der Waals surface area (Å²) in [5, 5.41) is 5.21. The van der Waals surface area contributed by atoms with Crippen molar-refractivity contribution in [2.45, 2.75) is 19.5 Å². The van der Waals surface area contributed by atoms with Gasteiger partial charge in [0, 0.05) is 5.56 Å². The minimum atomic E-state index is -0.318. The second-order valence-corrected chi connectivity index (χ2v) is 6.61. The van der Waals surface area contributed by atoms with Crippen molar-refractivity contribution < 1.29 is 14.3 Å². The molecule has 2 heterocycles. The van der Waals surface area contributed by atoms with E-state index in [0.29, 0.717) is 21.7 Å². The molecule has 3 rings (SSSR count).